The molecule has 27 heavy (non-hydrogen) atoms. The molecule has 0 radical (unpaired) electrons. The second-order valence-electron chi connectivity index (χ2n) is 6.64. The van der Waals surface area contributed by atoms with Gasteiger partial charge in [-0.15, -0.1) is 0 Å². The Morgan fingerprint density at radius 2 is 1.78 bits per heavy atom. The van der Waals surface area contributed by atoms with Crippen LogP contribution in [-0.4, -0.2) is 30.0 Å². The molecule has 5 heteroatoms. The van der Waals surface area contributed by atoms with Crippen LogP contribution >= 0.6 is 0 Å². The summed E-state index contributed by atoms with van der Waals surface area (Å²) < 4.78 is 0. The summed E-state index contributed by atoms with van der Waals surface area (Å²) >= 11 is 0. The average Bonchev–Trinajstić information content (AvgIpc) is 2.68. The van der Waals surface area contributed by atoms with Crippen molar-refractivity contribution in [3.63, 3.8) is 0 Å². The Balaban J connectivity index is 1.68. The highest BCUT2D eigenvalue weighted by atomic mass is 16.2. The SMILES string of the molecule is CN(C)Cc1ccc(-c2ccccc2CNC(=O)Nc2cccnc2)cc1. The fraction of sp³-hybridized carbons (Fsp3) is 0.182. The number of carbonyl (C=O) groups is 1. The lowest BCUT2D eigenvalue weighted by Gasteiger charge is -2.13. The molecule has 1 heterocycles. The normalized spacial score (nSPS) is 10.6. The van der Waals surface area contributed by atoms with E-state index in [1.807, 2.05) is 18.2 Å². The van der Waals surface area contributed by atoms with Crippen LogP contribution in [0.25, 0.3) is 11.1 Å². The highest BCUT2D eigenvalue weighted by Gasteiger charge is 2.07. The van der Waals surface area contributed by atoms with Crippen molar-refractivity contribution < 1.29 is 4.79 Å². The van der Waals surface area contributed by atoms with Crippen molar-refractivity contribution in [2.75, 3.05) is 19.4 Å². The number of rotatable bonds is 6. The van der Waals surface area contributed by atoms with Gasteiger partial charge in [-0.3, -0.25) is 4.98 Å². The van der Waals surface area contributed by atoms with E-state index in [9.17, 15) is 4.79 Å². The van der Waals surface area contributed by atoms with Gasteiger partial charge in [-0.2, -0.15) is 0 Å². The van der Waals surface area contributed by atoms with E-state index in [4.69, 9.17) is 0 Å². The fourth-order valence-corrected chi connectivity index (χ4v) is 2.90. The number of nitrogens with zero attached hydrogens (tertiary/aromatic N) is 2. The highest BCUT2D eigenvalue weighted by molar-refractivity contribution is 5.89. The Bertz CT molecular complexity index is 876. The molecule has 5 nitrogen and oxygen atoms in total. The number of carbonyl (C=O) groups excluding carboxylic acids is 1. The molecule has 0 spiro atoms. The predicted molar refractivity (Wildman–Crippen MR) is 109 cm³/mol. The second kappa shape index (κ2) is 8.96. The summed E-state index contributed by atoms with van der Waals surface area (Å²) in [5.41, 5.74) is 5.27. The lowest BCUT2D eigenvalue weighted by molar-refractivity contribution is 0.251. The summed E-state index contributed by atoms with van der Waals surface area (Å²) in [5.74, 6) is 0. The van der Waals surface area contributed by atoms with Crippen LogP contribution in [0.4, 0.5) is 10.5 Å². The average molecular weight is 360 g/mol. The van der Waals surface area contributed by atoms with E-state index >= 15 is 0 Å². The summed E-state index contributed by atoms with van der Waals surface area (Å²) in [6.07, 6.45) is 3.28. The number of hydrogen-bond acceptors (Lipinski definition) is 3. The van der Waals surface area contributed by atoms with Gasteiger partial charge in [-0.25, -0.2) is 4.79 Å². The summed E-state index contributed by atoms with van der Waals surface area (Å²) in [7, 11) is 4.12. The first-order valence-electron chi connectivity index (χ1n) is 8.88. The third kappa shape index (κ3) is 5.39. The number of hydrogen-bond donors (Lipinski definition) is 2. The van der Waals surface area contributed by atoms with Gasteiger partial charge >= 0.3 is 6.03 Å². The molecular formula is C22H24N4O. The summed E-state index contributed by atoms with van der Waals surface area (Å²) in [4.78, 5) is 18.3. The van der Waals surface area contributed by atoms with Crippen LogP contribution in [0.3, 0.4) is 0 Å². The van der Waals surface area contributed by atoms with Gasteiger partial charge in [0, 0.05) is 19.3 Å². The summed E-state index contributed by atoms with van der Waals surface area (Å²) in [6, 6.07) is 20.0. The molecule has 0 saturated heterocycles. The lowest BCUT2D eigenvalue weighted by atomic mass is 9.98. The standard InChI is InChI=1S/C22H24N4O/c1-26(2)16-17-9-11-18(12-10-17)21-8-4-3-6-19(21)14-24-22(27)25-20-7-5-13-23-15-20/h3-13,15H,14,16H2,1-2H3,(H2,24,25,27). The predicted octanol–water partition coefficient (Wildman–Crippen LogP) is 4.13. The van der Waals surface area contributed by atoms with E-state index in [-0.39, 0.29) is 6.03 Å². The molecule has 0 unspecified atom stereocenters. The van der Waals surface area contributed by atoms with Gasteiger partial charge in [0.05, 0.1) is 11.9 Å². The first-order valence-corrected chi connectivity index (χ1v) is 8.88. The number of benzene rings is 2. The molecule has 3 aromatic rings. The van der Waals surface area contributed by atoms with E-state index in [2.05, 4.69) is 64.9 Å². The van der Waals surface area contributed by atoms with E-state index in [0.29, 0.717) is 12.2 Å². The molecule has 3 rings (SSSR count). The third-order valence-corrected chi connectivity index (χ3v) is 4.14. The maximum absolute atomic E-state index is 12.1. The van der Waals surface area contributed by atoms with E-state index in [1.165, 1.54) is 5.56 Å². The van der Waals surface area contributed by atoms with Gasteiger partial charge in [0.1, 0.15) is 0 Å². The minimum atomic E-state index is -0.251. The van der Waals surface area contributed by atoms with Crippen LogP contribution in [0.2, 0.25) is 0 Å². The van der Waals surface area contributed by atoms with Crippen LogP contribution < -0.4 is 10.6 Å². The van der Waals surface area contributed by atoms with Gasteiger partial charge in [0.15, 0.2) is 0 Å². The number of pyridine rings is 1. The van der Waals surface area contributed by atoms with Crippen molar-refractivity contribution in [2.45, 2.75) is 13.1 Å². The van der Waals surface area contributed by atoms with Crippen LogP contribution in [0.1, 0.15) is 11.1 Å². The number of amides is 2. The molecule has 138 valence electrons. The number of aromatic nitrogens is 1. The molecule has 0 aliphatic heterocycles. The number of nitrogens with one attached hydrogen (secondary N) is 2. The zero-order valence-corrected chi connectivity index (χ0v) is 15.6. The van der Waals surface area contributed by atoms with Gasteiger partial charge < -0.3 is 15.5 Å². The van der Waals surface area contributed by atoms with Crippen molar-refractivity contribution in [2.24, 2.45) is 0 Å². The lowest BCUT2D eigenvalue weighted by Crippen LogP contribution is -2.28. The van der Waals surface area contributed by atoms with Crippen molar-refractivity contribution in [3.05, 3.63) is 84.2 Å². The van der Waals surface area contributed by atoms with Crippen molar-refractivity contribution in [1.29, 1.82) is 0 Å². The molecule has 1 aromatic heterocycles. The van der Waals surface area contributed by atoms with Crippen molar-refractivity contribution >= 4 is 11.7 Å². The van der Waals surface area contributed by atoms with Crippen LogP contribution in [-0.2, 0) is 13.1 Å². The van der Waals surface area contributed by atoms with Crippen molar-refractivity contribution in [3.8, 4) is 11.1 Å². The van der Waals surface area contributed by atoms with Gasteiger partial charge in [0.2, 0.25) is 0 Å². The summed E-state index contributed by atoms with van der Waals surface area (Å²) in [5, 5.41) is 5.69. The van der Waals surface area contributed by atoms with E-state index in [1.54, 1.807) is 24.5 Å². The van der Waals surface area contributed by atoms with Crippen LogP contribution in [0, 0.1) is 0 Å². The number of urea groups is 1. The largest absolute Gasteiger partial charge is 0.334 e. The molecule has 0 fully saturated rings. The summed E-state index contributed by atoms with van der Waals surface area (Å²) in [6.45, 7) is 1.36. The Hall–Kier alpha value is -3.18. The molecule has 0 saturated carbocycles. The minimum absolute atomic E-state index is 0.251. The molecular weight excluding hydrogens is 336 g/mol. The van der Waals surface area contributed by atoms with Gasteiger partial charge in [0.25, 0.3) is 0 Å². The van der Waals surface area contributed by atoms with Crippen LogP contribution in [0.15, 0.2) is 73.1 Å². The zero-order valence-electron chi connectivity index (χ0n) is 15.6. The molecule has 0 bridgehead atoms. The molecule has 0 aliphatic carbocycles. The Morgan fingerprint density at radius 1 is 1.00 bits per heavy atom. The zero-order chi connectivity index (χ0) is 19.1. The number of anilines is 1. The molecule has 0 aliphatic rings. The highest BCUT2D eigenvalue weighted by Crippen LogP contribution is 2.24. The van der Waals surface area contributed by atoms with E-state index in [0.717, 1.165) is 23.2 Å². The topological polar surface area (TPSA) is 57.3 Å². The van der Waals surface area contributed by atoms with Crippen molar-refractivity contribution in [1.82, 2.24) is 15.2 Å². The quantitative estimate of drug-likeness (QED) is 0.695. The van der Waals surface area contributed by atoms with E-state index < -0.39 is 0 Å². The monoisotopic (exact) mass is 360 g/mol. The minimum Gasteiger partial charge on any atom is -0.334 e. The maximum Gasteiger partial charge on any atom is 0.319 e. The molecule has 2 aromatic carbocycles. The molecule has 0 atom stereocenters. The smallest absolute Gasteiger partial charge is 0.319 e. The maximum atomic E-state index is 12.1. The second-order valence-corrected chi connectivity index (χ2v) is 6.64. The van der Waals surface area contributed by atoms with Gasteiger partial charge in [-0.05, 0) is 48.5 Å². The first kappa shape index (κ1) is 18.6. The van der Waals surface area contributed by atoms with Crippen LogP contribution in [0.5, 0.6) is 0 Å². The first-order chi connectivity index (χ1) is 13.1. The third-order valence-electron chi connectivity index (χ3n) is 4.14. The Labute approximate surface area is 160 Å². The molecule has 2 N–H and O–H groups in total. The Morgan fingerprint density at radius 3 is 2.48 bits per heavy atom. The Kier molecular flexibility index (Phi) is 6.18. The van der Waals surface area contributed by atoms with Gasteiger partial charge in [-0.1, -0.05) is 48.5 Å². The fourth-order valence-electron chi connectivity index (χ4n) is 2.90. The molecule has 2 amide bonds.